The van der Waals surface area contributed by atoms with Crippen LogP contribution in [0.2, 0.25) is 10.2 Å². The van der Waals surface area contributed by atoms with Gasteiger partial charge in [0, 0.05) is 36.2 Å². The minimum absolute atomic E-state index is 0.136. The number of benzene rings is 3. The molecule has 42 heavy (non-hydrogen) atoms. The second-order valence-electron chi connectivity index (χ2n) is 9.61. The number of nitrogens with one attached hydrogen (secondary N) is 4. The van der Waals surface area contributed by atoms with Crippen molar-refractivity contribution in [2.24, 2.45) is 0 Å². The molecule has 0 fully saturated rings. The number of anilines is 1. The van der Waals surface area contributed by atoms with Crippen molar-refractivity contribution in [2.45, 2.75) is 38.8 Å². The first-order chi connectivity index (χ1) is 20.2. The van der Waals surface area contributed by atoms with Gasteiger partial charge in [0.25, 0.3) is 0 Å². The molecule has 0 saturated heterocycles. The number of aryl methyl sites for hydroxylation is 1. The lowest BCUT2D eigenvalue weighted by Gasteiger charge is -2.18. The van der Waals surface area contributed by atoms with E-state index in [1.54, 1.807) is 30.3 Å². The minimum Gasteiger partial charge on any atom is -0.453 e. The van der Waals surface area contributed by atoms with E-state index in [2.05, 4.69) is 25.7 Å². The molecule has 0 radical (unpaired) electrons. The first kappa shape index (κ1) is 30.6. The van der Waals surface area contributed by atoms with E-state index in [1.165, 1.54) is 14.0 Å². The molecule has 11 heteroatoms. The summed E-state index contributed by atoms with van der Waals surface area (Å²) in [5.41, 5.74) is 4.62. The van der Waals surface area contributed by atoms with Crippen LogP contribution in [0.1, 0.15) is 41.9 Å². The van der Waals surface area contributed by atoms with E-state index in [1.807, 2.05) is 42.5 Å². The highest BCUT2D eigenvalue weighted by Crippen LogP contribution is 2.29. The first-order valence-corrected chi connectivity index (χ1v) is 14.0. The van der Waals surface area contributed by atoms with E-state index >= 15 is 0 Å². The molecule has 1 heterocycles. The van der Waals surface area contributed by atoms with Crippen LogP contribution in [-0.2, 0) is 33.7 Å². The van der Waals surface area contributed by atoms with E-state index in [9.17, 15) is 14.4 Å². The van der Waals surface area contributed by atoms with Gasteiger partial charge in [-0.2, -0.15) is 0 Å². The number of methoxy groups -OCH3 is 1. The molecule has 0 bridgehead atoms. The minimum atomic E-state index is -0.568. The number of aromatic nitrogens is 2. The van der Waals surface area contributed by atoms with Gasteiger partial charge in [-0.25, -0.2) is 9.78 Å². The Morgan fingerprint density at radius 1 is 0.976 bits per heavy atom. The second kappa shape index (κ2) is 14.5. The molecule has 0 spiro atoms. The summed E-state index contributed by atoms with van der Waals surface area (Å²) in [6, 6.07) is 21.7. The van der Waals surface area contributed by atoms with Crippen molar-refractivity contribution in [1.82, 2.24) is 20.6 Å². The smallest absolute Gasteiger partial charge is 0.411 e. The van der Waals surface area contributed by atoms with Gasteiger partial charge in [-0.15, -0.1) is 0 Å². The van der Waals surface area contributed by atoms with Crippen molar-refractivity contribution in [3.8, 4) is 11.3 Å². The predicted octanol–water partition coefficient (Wildman–Crippen LogP) is 6.23. The molecule has 0 aliphatic carbocycles. The summed E-state index contributed by atoms with van der Waals surface area (Å²) in [5.74, 6) is 0.203. The Morgan fingerprint density at radius 2 is 1.71 bits per heavy atom. The summed E-state index contributed by atoms with van der Waals surface area (Å²) in [5, 5.41) is 9.39. The van der Waals surface area contributed by atoms with Crippen LogP contribution < -0.4 is 16.0 Å². The van der Waals surface area contributed by atoms with Crippen LogP contribution in [0.4, 0.5) is 10.5 Å². The Morgan fingerprint density at radius 3 is 2.40 bits per heavy atom. The third-order valence-corrected chi connectivity index (χ3v) is 7.04. The Kier molecular flexibility index (Phi) is 10.6. The molecule has 4 rings (SSSR count). The lowest BCUT2D eigenvalue weighted by Crippen LogP contribution is -2.31. The van der Waals surface area contributed by atoms with Crippen molar-refractivity contribution in [1.29, 1.82) is 0 Å². The summed E-state index contributed by atoms with van der Waals surface area (Å²) in [7, 11) is 1.29. The van der Waals surface area contributed by atoms with E-state index in [0.29, 0.717) is 46.8 Å². The summed E-state index contributed by atoms with van der Waals surface area (Å²) in [6.07, 6.45) is 0.564. The largest absolute Gasteiger partial charge is 0.453 e. The average molecular weight is 609 g/mol. The van der Waals surface area contributed by atoms with Gasteiger partial charge < -0.3 is 20.4 Å². The van der Waals surface area contributed by atoms with Gasteiger partial charge in [-0.3, -0.25) is 14.9 Å². The van der Waals surface area contributed by atoms with Gasteiger partial charge in [0.05, 0.1) is 13.2 Å². The molecule has 0 unspecified atom stereocenters. The number of rotatable bonds is 11. The van der Waals surface area contributed by atoms with Crippen molar-refractivity contribution in [2.75, 3.05) is 12.4 Å². The molecule has 218 valence electrons. The first-order valence-electron chi connectivity index (χ1n) is 13.3. The molecule has 9 nitrogen and oxygen atoms in total. The van der Waals surface area contributed by atoms with Crippen LogP contribution in [-0.4, -0.2) is 35.0 Å². The fourth-order valence-electron chi connectivity index (χ4n) is 4.41. The Bertz CT molecular complexity index is 1540. The maximum atomic E-state index is 13.2. The molecule has 1 aromatic heterocycles. The highest BCUT2D eigenvalue weighted by Gasteiger charge is 2.22. The molecule has 4 N–H and O–H groups in total. The van der Waals surface area contributed by atoms with E-state index in [-0.39, 0.29) is 18.2 Å². The lowest BCUT2D eigenvalue weighted by atomic mass is 10.0. The predicted molar refractivity (Wildman–Crippen MR) is 163 cm³/mol. The van der Waals surface area contributed by atoms with Gasteiger partial charge >= 0.3 is 6.09 Å². The zero-order valence-corrected chi connectivity index (χ0v) is 24.7. The number of imidazole rings is 1. The van der Waals surface area contributed by atoms with Gasteiger partial charge in [0.1, 0.15) is 16.7 Å². The zero-order valence-electron chi connectivity index (χ0n) is 23.2. The maximum absolute atomic E-state index is 13.2. The fraction of sp³-hybridized carbons (Fsp3) is 0.226. The SMILES string of the molecule is COC(=O)Nc1ccc(-c2nc([C@H](Cc3ccccc3)NC(=O)CCc3cc(Cl)ccc3CNC(C)=O)[nH]c2Cl)cc1. The van der Waals surface area contributed by atoms with Crippen molar-refractivity contribution >= 4 is 46.8 Å². The van der Waals surface area contributed by atoms with Gasteiger partial charge in [0.2, 0.25) is 11.8 Å². The van der Waals surface area contributed by atoms with E-state index < -0.39 is 12.1 Å². The lowest BCUT2D eigenvalue weighted by molar-refractivity contribution is -0.122. The molecular formula is C31H31Cl2N5O4. The molecule has 4 aromatic rings. The normalized spacial score (nSPS) is 11.4. The van der Waals surface area contributed by atoms with Crippen LogP contribution in [0.15, 0.2) is 72.8 Å². The fourth-order valence-corrected chi connectivity index (χ4v) is 4.85. The third-order valence-electron chi connectivity index (χ3n) is 6.53. The van der Waals surface area contributed by atoms with Gasteiger partial charge in [-0.1, -0.05) is 71.7 Å². The van der Waals surface area contributed by atoms with Crippen LogP contribution in [0.25, 0.3) is 11.3 Å². The third kappa shape index (κ3) is 8.58. The topological polar surface area (TPSA) is 125 Å². The number of halogens is 2. The number of aromatic amines is 1. The van der Waals surface area contributed by atoms with Crippen molar-refractivity contribution < 1.29 is 19.1 Å². The number of hydrogen-bond acceptors (Lipinski definition) is 5. The summed E-state index contributed by atoms with van der Waals surface area (Å²) in [6.45, 7) is 1.81. The molecule has 0 aliphatic rings. The monoisotopic (exact) mass is 607 g/mol. The molecule has 3 aromatic carbocycles. The summed E-state index contributed by atoms with van der Waals surface area (Å²) in [4.78, 5) is 44.0. The Hall–Kier alpha value is -4.34. The molecule has 1 atom stereocenters. The summed E-state index contributed by atoms with van der Waals surface area (Å²) >= 11 is 12.8. The molecule has 3 amide bonds. The molecule has 0 aliphatic heterocycles. The number of ether oxygens (including phenoxy) is 1. The highest BCUT2D eigenvalue weighted by atomic mass is 35.5. The number of hydrogen-bond donors (Lipinski definition) is 4. The number of H-pyrrole nitrogens is 1. The number of amides is 3. The number of nitrogens with zero attached hydrogens (tertiary/aromatic N) is 1. The van der Waals surface area contributed by atoms with Crippen LogP contribution in [0, 0.1) is 0 Å². The standard InChI is InChI=1S/C31H31Cl2N5O4/c1-19(39)34-18-23-8-12-24(32)17-22(23)11-15-27(40)36-26(16-20-6-4-3-5-7-20)30-37-28(29(33)38-30)21-9-13-25(14-10-21)35-31(41)42-2/h3-10,12-14,17,26H,11,15-16,18H2,1-2H3,(H,34,39)(H,35,41)(H,36,40)(H,37,38)/t26-/m0/s1. The number of carbonyl (C=O) groups excluding carboxylic acids is 3. The molecule has 0 saturated carbocycles. The second-order valence-corrected chi connectivity index (χ2v) is 10.4. The van der Waals surface area contributed by atoms with Crippen LogP contribution in [0.3, 0.4) is 0 Å². The summed E-state index contributed by atoms with van der Waals surface area (Å²) < 4.78 is 4.63. The van der Waals surface area contributed by atoms with E-state index in [0.717, 1.165) is 22.3 Å². The van der Waals surface area contributed by atoms with Crippen LogP contribution >= 0.6 is 23.2 Å². The Balaban J connectivity index is 1.52. The quantitative estimate of drug-likeness (QED) is 0.161. The van der Waals surface area contributed by atoms with E-state index in [4.69, 9.17) is 28.2 Å². The highest BCUT2D eigenvalue weighted by molar-refractivity contribution is 6.32. The zero-order chi connectivity index (χ0) is 30.1. The van der Waals surface area contributed by atoms with Crippen molar-refractivity contribution in [3.63, 3.8) is 0 Å². The maximum Gasteiger partial charge on any atom is 0.411 e. The number of carbonyl (C=O) groups is 3. The van der Waals surface area contributed by atoms with Gasteiger partial charge in [-0.05, 0) is 53.8 Å². The average Bonchev–Trinajstić information content (AvgIpc) is 3.37. The van der Waals surface area contributed by atoms with Crippen molar-refractivity contribution in [3.05, 3.63) is 105 Å². The van der Waals surface area contributed by atoms with Gasteiger partial charge in [0.15, 0.2) is 0 Å². The van der Waals surface area contributed by atoms with Crippen LogP contribution in [0.5, 0.6) is 0 Å². The Labute approximate surface area is 254 Å². The molecular weight excluding hydrogens is 577 g/mol.